The average molecular weight is 507 g/mol. The first-order valence-electron chi connectivity index (χ1n) is 11.2. The molecule has 1 heterocycles. The molecule has 0 aliphatic rings. The van der Waals surface area contributed by atoms with E-state index in [0.717, 1.165) is 11.4 Å². The Morgan fingerprint density at radius 2 is 1.66 bits per heavy atom. The molecule has 0 aliphatic carbocycles. The highest BCUT2D eigenvalue weighted by Crippen LogP contribution is 2.25. The normalized spacial score (nSPS) is 11.3. The molecular formula is C27H27ClN4O2S. The molecule has 4 aromatic rings. The quantitative estimate of drug-likeness (QED) is 0.275. The van der Waals surface area contributed by atoms with Gasteiger partial charge in [0.25, 0.3) is 0 Å². The number of amides is 1. The second-order valence-corrected chi connectivity index (χ2v) is 10.4. The summed E-state index contributed by atoms with van der Waals surface area (Å²) in [6, 6.07) is 24.9. The van der Waals surface area contributed by atoms with Gasteiger partial charge in [-0.3, -0.25) is 9.36 Å². The Bertz CT molecular complexity index is 1270. The molecule has 1 amide bonds. The molecule has 0 aliphatic heterocycles. The molecule has 0 atom stereocenters. The van der Waals surface area contributed by atoms with Gasteiger partial charge in [-0.2, -0.15) is 0 Å². The van der Waals surface area contributed by atoms with Crippen molar-refractivity contribution in [3.8, 4) is 11.4 Å². The van der Waals surface area contributed by atoms with Crippen LogP contribution in [0, 0.1) is 0 Å². The van der Waals surface area contributed by atoms with Crippen molar-refractivity contribution in [3.63, 3.8) is 0 Å². The number of rotatable bonds is 8. The van der Waals surface area contributed by atoms with E-state index in [0.29, 0.717) is 21.8 Å². The van der Waals surface area contributed by atoms with Crippen molar-refractivity contribution in [2.45, 2.75) is 37.9 Å². The van der Waals surface area contributed by atoms with Crippen molar-refractivity contribution in [1.82, 2.24) is 14.8 Å². The predicted octanol–water partition coefficient (Wildman–Crippen LogP) is 6.53. The van der Waals surface area contributed by atoms with Crippen molar-refractivity contribution in [3.05, 3.63) is 95.3 Å². The number of halogens is 1. The zero-order valence-electron chi connectivity index (χ0n) is 19.9. The Labute approximate surface area is 214 Å². The van der Waals surface area contributed by atoms with Gasteiger partial charge in [-0.15, -0.1) is 10.2 Å². The molecule has 0 saturated carbocycles. The Kier molecular flexibility index (Phi) is 7.78. The number of anilines is 1. The fourth-order valence-corrected chi connectivity index (χ4v) is 4.28. The van der Waals surface area contributed by atoms with Crippen LogP contribution in [0.1, 0.15) is 32.2 Å². The fraction of sp³-hybridized carbons (Fsp3) is 0.222. The summed E-state index contributed by atoms with van der Waals surface area (Å²) >= 11 is 7.28. The van der Waals surface area contributed by atoms with Crippen molar-refractivity contribution < 1.29 is 9.53 Å². The second-order valence-electron chi connectivity index (χ2n) is 8.98. The maximum Gasteiger partial charge on any atom is 0.234 e. The van der Waals surface area contributed by atoms with Crippen molar-refractivity contribution in [1.29, 1.82) is 0 Å². The summed E-state index contributed by atoms with van der Waals surface area (Å²) in [6.07, 6.45) is 0. The van der Waals surface area contributed by atoms with E-state index in [1.807, 2.05) is 59.2 Å². The molecule has 0 bridgehead atoms. The van der Waals surface area contributed by atoms with E-state index >= 15 is 0 Å². The first-order valence-corrected chi connectivity index (χ1v) is 12.6. The number of ether oxygens (including phenoxy) is 1. The highest BCUT2D eigenvalue weighted by Gasteiger charge is 2.17. The van der Waals surface area contributed by atoms with Crippen LogP contribution in [0.3, 0.4) is 0 Å². The fourth-order valence-electron chi connectivity index (χ4n) is 3.38. The van der Waals surface area contributed by atoms with E-state index in [-0.39, 0.29) is 23.7 Å². The van der Waals surface area contributed by atoms with Gasteiger partial charge in [0.15, 0.2) is 11.0 Å². The molecule has 6 nitrogen and oxygen atoms in total. The Balaban J connectivity index is 1.45. The van der Waals surface area contributed by atoms with Gasteiger partial charge in [-0.05, 0) is 59.5 Å². The third kappa shape index (κ3) is 6.65. The highest BCUT2D eigenvalue weighted by atomic mass is 35.5. The average Bonchev–Trinajstić information content (AvgIpc) is 3.25. The van der Waals surface area contributed by atoms with Crippen LogP contribution < -0.4 is 10.1 Å². The maximum absolute atomic E-state index is 12.6. The molecule has 8 heteroatoms. The minimum atomic E-state index is -0.111. The molecule has 0 fully saturated rings. The topological polar surface area (TPSA) is 69.0 Å². The molecule has 3 aromatic carbocycles. The molecule has 4 rings (SSSR count). The minimum absolute atomic E-state index is 0.0644. The molecule has 0 radical (unpaired) electrons. The zero-order chi connectivity index (χ0) is 24.8. The third-order valence-electron chi connectivity index (χ3n) is 5.26. The van der Waals surface area contributed by atoms with Gasteiger partial charge in [-0.1, -0.05) is 74.5 Å². The van der Waals surface area contributed by atoms with Crippen LogP contribution >= 0.6 is 23.4 Å². The van der Waals surface area contributed by atoms with Crippen LogP contribution in [0.5, 0.6) is 5.75 Å². The lowest BCUT2D eigenvalue weighted by Gasteiger charge is -2.19. The number of para-hydroxylation sites is 1. The number of nitrogens with zero attached hydrogens (tertiary/aromatic N) is 3. The van der Waals surface area contributed by atoms with Crippen molar-refractivity contribution >= 4 is 35.0 Å². The lowest BCUT2D eigenvalue weighted by atomic mass is 9.87. The maximum atomic E-state index is 12.6. The summed E-state index contributed by atoms with van der Waals surface area (Å²) in [5.41, 5.74) is 2.95. The van der Waals surface area contributed by atoms with Crippen LogP contribution in [0.15, 0.2) is 84.0 Å². The molecule has 0 saturated heterocycles. The first-order chi connectivity index (χ1) is 16.8. The number of hydrogen-bond donors (Lipinski definition) is 1. The van der Waals surface area contributed by atoms with E-state index < -0.39 is 0 Å². The lowest BCUT2D eigenvalue weighted by Crippen LogP contribution is -2.15. The third-order valence-corrected chi connectivity index (χ3v) is 6.44. The number of thioether (sulfide) groups is 1. The van der Waals surface area contributed by atoms with Crippen molar-refractivity contribution in [2.75, 3.05) is 11.1 Å². The number of carbonyl (C=O) groups excluding carboxylic acids is 1. The highest BCUT2D eigenvalue weighted by molar-refractivity contribution is 7.99. The van der Waals surface area contributed by atoms with Crippen LogP contribution in [0.2, 0.25) is 5.02 Å². The SMILES string of the molecule is CC(C)(C)c1ccc(NC(=O)CSc2nnc(COc3ccc(Cl)cc3)n2-c2ccccc2)cc1. The van der Waals surface area contributed by atoms with E-state index in [2.05, 4.69) is 36.3 Å². The first kappa shape index (κ1) is 24.8. The Morgan fingerprint density at radius 1 is 0.971 bits per heavy atom. The molecule has 0 spiro atoms. The lowest BCUT2D eigenvalue weighted by molar-refractivity contribution is -0.113. The van der Waals surface area contributed by atoms with Crippen LogP contribution in [-0.2, 0) is 16.8 Å². The molecule has 1 aromatic heterocycles. The minimum Gasteiger partial charge on any atom is -0.486 e. The van der Waals surface area contributed by atoms with Gasteiger partial charge >= 0.3 is 0 Å². The van der Waals surface area contributed by atoms with Crippen LogP contribution in [-0.4, -0.2) is 26.4 Å². The predicted molar refractivity (Wildman–Crippen MR) is 142 cm³/mol. The van der Waals surface area contributed by atoms with Gasteiger partial charge in [0, 0.05) is 16.4 Å². The van der Waals surface area contributed by atoms with E-state index in [4.69, 9.17) is 16.3 Å². The van der Waals surface area contributed by atoms with Crippen molar-refractivity contribution in [2.24, 2.45) is 0 Å². The second kappa shape index (κ2) is 11.0. The summed E-state index contributed by atoms with van der Waals surface area (Å²) in [5, 5.41) is 12.9. The number of nitrogens with one attached hydrogen (secondary N) is 1. The Hall–Kier alpha value is -3.29. The Morgan fingerprint density at radius 3 is 2.31 bits per heavy atom. The summed E-state index contributed by atoms with van der Waals surface area (Å²) in [5.74, 6) is 1.40. The number of carbonyl (C=O) groups is 1. The van der Waals surface area contributed by atoms with Gasteiger partial charge in [0.05, 0.1) is 5.75 Å². The molecule has 1 N–H and O–H groups in total. The van der Waals surface area contributed by atoms with E-state index in [1.54, 1.807) is 24.3 Å². The van der Waals surface area contributed by atoms with Gasteiger partial charge < -0.3 is 10.1 Å². The number of hydrogen-bond acceptors (Lipinski definition) is 5. The monoisotopic (exact) mass is 506 g/mol. The molecule has 180 valence electrons. The van der Waals surface area contributed by atoms with Crippen LogP contribution in [0.4, 0.5) is 5.69 Å². The van der Waals surface area contributed by atoms with Gasteiger partial charge in [0.1, 0.15) is 12.4 Å². The number of benzene rings is 3. The van der Waals surface area contributed by atoms with Gasteiger partial charge in [0.2, 0.25) is 5.91 Å². The molecule has 0 unspecified atom stereocenters. The standard InChI is InChI=1S/C27H27ClN4O2S/c1-27(2,3)19-9-13-21(14-10-19)29-25(33)18-35-26-31-30-24(32(26)22-7-5-4-6-8-22)17-34-23-15-11-20(28)12-16-23/h4-16H,17-18H2,1-3H3,(H,29,33). The van der Waals surface area contributed by atoms with Gasteiger partial charge in [-0.25, -0.2) is 0 Å². The number of aromatic nitrogens is 3. The van der Waals surface area contributed by atoms with E-state index in [1.165, 1.54) is 17.3 Å². The molecule has 35 heavy (non-hydrogen) atoms. The zero-order valence-corrected chi connectivity index (χ0v) is 21.4. The summed E-state index contributed by atoms with van der Waals surface area (Å²) in [6.45, 7) is 6.70. The summed E-state index contributed by atoms with van der Waals surface area (Å²) < 4.78 is 7.80. The van der Waals surface area contributed by atoms with E-state index in [9.17, 15) is 4.79 Å². The van der Waals surface area contributed by atoms with Crippen LogP contribution in [0.25, 0.3) is 5.69 Å². The largest absolute Gasteiger partial charge is 0.486 e. The molecular weight excluding hydrogens is 480 g/mol. The smallest absolute Gasteiger partial charge is 0.234 e. The summed E-state index contributed by atoms with van der Waals surface area (Å²) in [7, 11) is 0. The summed E-state index contributed by atoms with van der Waals surface area (Å²) in [4.78, 5) is 12.6.